The first-order chi connectivity index (χ1) is 16.1. The van der Waals surface area contributed by atoms with Gasteiger partial charge < -0.3 is 24.8 Å². The molecule has 1 unspecified atom stereocenters. The van der Waals surface area contributed by atoms with Crippen molar-refractivity contribution in [1.82, 2.24) is 10.6 Å². The van der Waals surface area contributed by atoms with Gasteiger partial charge in [0.2, 0.25) is 0 Å². The molecule has 2 aromatic carbocycles. The zero-order chi connectivity index (χ0) is 24.9. The van der Waals surface area contributed by atoms with Crippen molar-refractivity contribution < 1.29 is 23.8 Å². The third-order valence-electron chi connectivity index (χ3n) is 5.66. The lowest BCUT2D eigenvalue weighted by atomic mass is 9.87. The van der Waals surface area contributed by atoms with Gasteiger partial charge in [0.1, 0.15) is 6.61 Å². The highest BCUT2D eigenvalue weighted by atomic mass is 16.5. The fourth-order valence-corrected chi connectivity index (χ4v) is 3.73. The standard InChI is InChI=1S/C27H34N2O5/c1-7-14-33-25(30)23-17(2)28-26(31)29-24(23)19-10-13-21(22(15-19)32-6)34-16-18-8-11-20(12-9-18)27(3,4)5/h8-13,15,24H,7,14,16H2,1-6H3,(H2,28,29,31). The normalized spacial score (nSPS) is 15.9. The first-order valence-corrected chi connectivity index (χ1v) is 11.5. The maximum absolute atomic E-state index is 12.7. The summed E-state index contributed by atoms with van der Waals surface area (Å²) in [5.41, 5.74) is 3.92. The fraction of sp³-hybridized carbons (Fsp3) is 0.407. The van der Waals surface area contributed by atoms with Crippen LogP contribution < -0.4 is 20.1 Å². The van der Waals surface area contributed by atoms with Gasteiger partial charge in [0, 0.05) is 5.70 Å². The van der Waals surface area contributed by atoms with Crippen molar-refractivity contribution in [3.8, 4) is 11.5 Å². The van der Waals surface area contributed by atoms with Crippen molar-refractivity contribution in [2.75, 3.05) is 13.7 Å². The van der Waals surface area contributed by atoms with Crippen molar-refractivity contribution in [1.29, 1.82) is 0 Å². The maximum atomic E-state index is 12.7. The molecule has 7 nitrogen and oxygen atoms in total. The number of carbonyl (C=O) groups excluding carboxylic acids is 2. The number of rotatable bonds is 8. The second-order valence-corrected chi connectivity index (χ2v) is 9.35. The number of amides is 2. The van der Waals surface area contributed by atoms with Gasteiger partial charge in [-0.25, -0.2) is 9.59 Å². The lowest BCUT2D eigenvalue weighted by molar-refractivity contribution is -0.139. The highest BCUT2D eigenvalue weighted by Gasteiger charge is 2.32. The van der Waals surface area contributed by atoms with Crippen molar-refractivity contribution in [3.63, 3.8) is 0 Å². The minimum atomic E-state index is -0.661. The fourth-order valence-electron chi connectivity index (χ4n) is 3.73. The second-order valence-electron chi connectivity index (χ2n) is 9.35. The maximum Gasteiger partial charge on any atom is 0.338 e. The number of benzene rings is 2. The molecule has 3 rings (SSSR count). The number of hydrogen-bond donors (Lipinski definition) is 2. The summed E-state index contributed by atoms with van der Waals surface area (Å²) in [5, 5.41) is 5.46. The Morgan fingerprint density at radius 3 is 2.38 bits per heavy atom. The zero-order valence-corrected chi connectivity index (χ0v) is 20.8. The van der Waals surface area contributed by atoms with Gasteiger partial charge in [-0.15, -0.1) is 0 Å². The van der Waals surface area contributed by atoms with Crippen LogP contribution in [-0.4, -0.2) is 25.7 Å². The Morgan fingerprint density at radius 2 is 1.76 bits per heavy atom. The molecule has 0 spiro atoms. The van der Waals surface area contributed by atoms with E-state index in [1.165, 1.54) is 5.56 Å². The summed E-state index contributed by atoms with van der Waals surface area (Å²) in [4.78, 5) is 24.8. The van der Waals surface area contributed by atoms with Crippen LogP contribution >= 0.6 is 0 Å². The minimum Gasteiger partial charge on any atom is -0.493 e. The highest BCUT2D eigenvalue weighted by molar-refractivity contribution is 5.95. The first kappa shape index (κ1) is 25.1. The highest BCUT2D eigenvalue weighted by Crippen LogP contribution is 2.35. The lowest BCUT2D eigenvalue weighted by Crippen LogP contribution is -2.45. The molecule has 2 N–H and O–H groups in total. The quantitative estimate of drug-likeness (QED) is 0.526. The molecule has 0 saturated heterocycles. The molecule has 34 heavy (non-hydrogen) atoms. The molecule has 0 saturated carbocycles. The number of ether oxygens (including phenoxy) is 3. The summed E-state index contributed by atoms with van der Waals surface area (Å²) in [6.07, 6.45) is 0.710. The molecule has 1 aliphatic rings. The molecule has 0 radical (unpaired) electrons. The summed E-state index contributed by atoms with van der Waals surface area (Å²) in [5.74, 6) is 0.618. The predicted molar refractivity (Wildman–Crippen MR) is 131 cm³/mol. The Bertz CT molecular complexity index is 1070. The number of hydrogen-bond acceptors (Lipinski definition) is 5. The number of nitrogens with one attached hydrogen (secondary N) is 2. The summed E-state index contributed by atoms with van der Waals surface area (Å²) >= 11 is 0. The van der Waals surface area contributed by atoms with Gasteiger partial charge in [0.05, 0.1) is 25.3 Å². The predicted octanol–water partition coefficient (Wildman–Crippen LogP) is 5.15. The van der Waals surface area contributed by atoms with E-state index in [2.05, 4.69) is 55.7 Å². The van der Waals surface area contributed by atoms with Gasteiger partial charge in [-0.1, -0.05) is 58.0 Å². The number of esters is 1. The van der Waals surface area contributed by atoms with E-state index in [9.17, 15) is 9.59 Å². The van der Waals surface area contributed by atoms with Crippen LogP contribution in [0.15, 0.2) is 53.7 Å². The van der Waals surface area contributed by atoms with E-state index in [4.69, 9.17) is 14.2 Å². The van der Waals surface area contributed by atoms with Gasteiger partial charge in [0.15, 0.2) is 11.5 Å². The van der Waals surface area contributed by atoms with Gasteiger partial charge in [-0.3, -0.25) is 0 Å². The van der Waals surface area contributed by atoms with Crippen molar-refractivity contribution in [3.05, 3.63) is 70.4 Å². The average molecular weight is 467 g/mol. The van der Waals surface area contributed by atoms with E-state index >= 15 is 0 Å². The van der Waals surface area contributed by atoms with E-state index in [1.807, 2.05) is 13.0 Å². The summed E-state index contributed by atoms with van der Waals surface area (Å²) in [7, 11) is 1.56. The molecule has 0 bridgehead atoms. The van der Waals surface area contributed by atoms with Crippen LogP contribution in [0.5, 0.6) is 11.5 Å². The Morgan fingerprint density at radius 1 is 1.06 bits per heavy atom. The Hall–Kier alpha value is -3.48. The van der Waals surface area contributed by atoms with E-state index in [0.717, 1.165) is 5.56 Å². The number of urea groups is 1. The largest absolute Gasteiger partial charge is 0.493 e. The van der Waals surface area contributed by atoms with Crippen LogP contribution in [0.3, 0.4) is 0 Å². The molecular formula is C27H34N2O5. The zero-order valence-electron chi connectivity index (χ0n) is 20.8. The van der Waals surface area contributed by atoms with E-state index in [1.54, 1.807) is 26.2 Å². The molecule has 0 aliphatic carbocycles. The van der Waals surface area contributed by atoms with E-state index in [-0.39, 0.29) is 11.4 Å². The smallest absolute Gasteiger partial charge is 0.338 e. The third-order valence-corrected chi connectivity index (χ3v) is 5.66. The number of allylic oxidation sites excluding steroid dienone is 1. The molecule has 2 amide bonds. The van der Waals surface area contributed by atoms with E-state index < -0.39 is 12.0 Å². The number of methoxy groups -OCH3 is 1. The molecule has 1 atom stereocenters. The minimum absolute atomic E-state index is 0.0944. The monoisotopic (exact) mass is 466 g/mol. The van der Waals surface area contributed by atoms with Crippen molar-refractivity contribution in [2.24, 2.45) is 0 Å². The van der Waals surface area contributed by atoms with Crippen molar-refractivity contribution >= 4 is 12.0 Å². The summed E-state index contributed by atoms with van der Waals surface area (Å²) in [6, 6.07) is 12.7. The second kappa shape index (κ2) is 10.6. The van der Waals surface area contributed by atoms with Gasteiger partial charge >= 0.3 is 12.0 Å². The summed E-state index contributed by atoms with van der Waals surface area (Å²) in [6.45, 7) is 10.9. The third kappa shape index (κ3) is 5.90. The Kier molecular flexibility index (Phi) is 7.87. The topological polar surface area (TPSA) is 85.9 Å². The SMILES string of the molecule is CCCOC(=O)C1=C(C)NC(=O)NC1c1ccc(OCc2ccc(C(C)(C)C)cc2)c(OC)c1. The molecule has 182 valence electrons. The van der Waals surface area contributed by atoms with Crippen LogP contribution in [0, 0.1) is 0 Å². The molecule has 0 aromatic heterocycles. The molecule has 1 heterocycles. The molecule has 0 fully saturated rings. The van der Waals surface area contributed by atoms with Crippen LogP contribution in [0.1, 0.15) is 63.8 Å². The number of carbonyl (C=O) groups is 2. The summed E-state index contributed by atoms with van der Waals surface area (Å²) < 4.78 is 16.9. The van der Waals surface area contributed by atoms with Gasteiger partial charge in [-0.2, -0.15) is 0 Å². The van der Waals surface area contributed by atoms with E-state index in [0.29, 0.717) is 48.0 Å². The van der Waals surface area contributed by atoms with Crippen molar-refractivity contribution in [2.45, 2.75) is 59.1 Å². The first-order valence-electron chi connectivity index (χ1n) is 11.5. The van der Waals surface area contributed by atoms with Crippen LogP contribution in [-0.2, 0) is 21.6 Å². The Labute approximate surface area is 201 Å². The lowest BCUT2D eigenvalue weighted by Gasteiger charge is -2.28. The molecule has 1 aliphatic heterocycles. The molecule has 7 heteroatoms. The average Bonchev–Trinajstić information content (AvgIpc) is 2.80. The Balaban J connectivity index is 1.81. The van der Waals surface area contributed by atoms with Crippen LogP contribution in [0.4, 0.5) is 4.79 Å². The van der Waals surface area contributed by atoms with Gasteiger partial charge in [-0.05, 0) is 47.6 Å². The molecule has 2 aromatic rings. The van der Waals surface area contributed by atoms with Gasteiger partial charge in [0.25, 0.3) is 0 Å². The van der Waals surface area contributed by atoms with Crippen LogP contribution in [0.2, 0.25) is 0 Å². The molecular weight excluding hydrogens is 432 g/mol. The van der Waals surface area contributed by atoms with Crippen LogP contribution in [0.25, 0.3) is 0 Å².